The minimum absolute atomic E-state index is 0.309. The molecule has 1 saturated heterocycles. The summed E-state index contributed by atoms with van der Waals surface area (Å²) in [4.78, 5) is 15.0. The van der Waals surface area contributed by atoms with Gasteiger partial charge in [-0.3, -0.25) is 4.90 Å². The highest BCUT2D eigenvalue weighted by atomic mass is 32.2. The first kappa shape index (κ1) is 19.1. The van der Waals surface area contributed by atoms with Crippen LogP contribution in [0, 0.1) is 0 Å². The summed E-state index contributed by atoms with van der Waals surface area (Å²) in [6.45, 7) is 7.42. The van der Waals surface area contributed by atoms with Crippen LogP contribution in [0.25, 0.3) is 5.57 Å². The van der Waals surface area contributed by atoms with E-state index in [-0.39, 0.29) is 6.09 Å². The second-order valence-electron chi connectivity index (χ2n) is 5.92. The van der Waals surface area contributed by atoms with Gasteiger partial charge < -0.3 is 9.47 Å². The molecule has 4 nitrogen and oxygen atoms in total. The lowest BCUT2D eigenvalue weighted by atomic mass is 10.0. The molecule has 5 heteroatoms. The fourth-order valence-corrected chi connectivity index (χ4v) is 4.02. The zero-order chi connectivity index (χ0) is 19.1. The van der Waals surface area contributed by atoms with Gasteiger partial charge in [-0.2, -0.15) is 0 Å². The molecular formula is C22H23NO3S. The predicted octanol–water partition coefficient (Wildman–Crippen LogP) is 5.57. The molecule has 0 aromatic heterocycles. The number of hydrogen-bond donors (Lipinski definition) is 0. The molecule has 0 aliphatic carbocycles. The number of benzene rings is 2. The monoisotopic (exact) mass is 381 g/mol. The van der Waals surface area contributed by atoms with E-state index in [4.69, 9.17) is 9.47 Å². The van der Waals surface area contributed by atoms with Gasteiger partial charge in [0.15, 0.2) is 0 Å². The molecule has 0 N–H and O–H groups in total. The smallest absolute Gasteiger partial charge is 0.414 e. The van der Waals surface area contributed by atoms with Crippen molar-refractivity contribution >= 4 is 23.4 Å². The number of thioether (sulfide) groups is 1. The van der Waals surface area contributed by atoms with Gasteiger partial charge in [-0.1, -0.05) is 54.2 Å². The maximum absolute atomic E-state index is 12.3. The van der Waals surface area contributed by atoms with E-state index < -0.39 is 0 Å². The molecule has 3 rings (SSSR count). The van der Waals surface area contributed by atoms with Crippen LogP contribution < -0.4 is 4.74 Å². The quantitative estimate of drug-likeness (QED) is 0.442. The van der Waals surface area contributed by atoms with Gasteiger partial charge >= 0.3 is 6.09 Å². The van der Waals surface area contributed by atoms with Gasteiger partial charge in [0, 0.05) is 4.90 Å². The molecule has 0 atom stereocenters. The van der Waals surface area contributed by atoms with E-state index in [2.05, 4.69) is 18.7 Å². The van der Waals surface area contributed by atoms with Crippen molar-refractivity contribution in [3.63, 3.8) is 0 Å². The Balaban J connectivity index is 2.05. The molecule has 0 radical (unpaired) electrons. The number of hydrogen-bond acceptors (Lipinski definition) is 4. The Labute approximate surface area is 164 Å². The highest BCUT2D eigenvalue weighted by molar-refractivity contribution is 8.03. The largest absolute Gasteiger partial charge is 0.494 e. The minimum Gasteiger partial charge on any atom is -0.494 e. The maximum Gasteiger partial charge on any atom is 0.414 e. The normalized spacial score (nSPS) is 14.6. The molecule has 140 valence electrons. The van der Waals surface area contributed by atoms with Crippen molar-refractivity contribution in [3.05, 3.63) is 77.8 Å². The summed E-state index contributed by atoms with van der Waals surface area (Å²) in [5, 5.41) is 0.872. The minimum atomic E-state index is -0.309. The summed E-state index contributed by atoms with van der Waals surface area (Å²) in [5.41, 5.74) is 2.12. The molecule has 1 amide bonds. The Morgan fingerprint density at radius 3 is 2.74 bits per heavy atom. The molecule has 0 unspecified atom stereocenters. The fraction of sp³-hybridized carbons (Fsp3) is 0.227. The van der Waals surface area contributed by atoms with E-state index >= 15 is 0 Å². The lowest BCUT2D eigenvalue weighted by Crippen LogP contribution is -2.23. The average Bonchev–Trinajstić information content (AvgIpc) is 3.11. The van der Waals surface area contributed by atoms with E-state index in [1.165, 1.54) is 0 Å². The number of ether oxygens (including phenoxy) is 2. The van der Waals surface area contributed by atoms with Gasteiger partial charge in [0.2, 0.25) is 0 Å². The van der Waals surface area contributed by atoms with Crippen molar-refractivity contribution in [1.29, 1.82) is 0 Å². The summed E-state index contributed by atoms with van der Waals surface area (Å²) in [7, 11) is 0. The molecule has 1 fully saturated rings. The number of nitrogens with zero attached hydrogens (tertiary/aromatic N) is 1. The second kappa shape index (κ2) is 9.33. The van der Waals surface area contributed by atoms with Crippen molar-refractivity contribution < 1.29 is 14.3 Å². The van der Waals surface area contributed by atoms with E-state index in [1.807, 2.05) is 55.5 Å². The molecule has 1 aliphatic heterocycles. The third-order valence-corrected chi connectivity index (χ3v) is 5.22. The van der Waals surface area contributed by atoms with Gasteiger partial charge in [0.05, 0.1) is 18.2 Å². The first-order chi connectivity index (χ1) is 13.2. The number of carbonyl (C=O) groups excluding carboxylic acids is 1. The van der Waals surface area contributed by atoms with Crippen molar-refractivity contribution in [2.75, 3.05) is 19.8 Å². The first-order valence-electron chi connectivity index (χ1n) is 8.97. The lowest BCUT2D eigenvalue weighted by molar-refractivity contribution is 0.165. The molecule has 27 heavy (non-hydrogen) atoms. The van der Waals surface area contributed by atoms with Gasteiger partial charge in [-0.15, -0.1) is 6.58 Å². The van der Waals surface area contributed by atoms with Crippen LogP contribution in [0.15, 0.2) is 77.2 Å². The zero-order valence-corrected chi connectivity index (χ0v) is 16.2. The molecule has 2 aromatic rings. The van der Waals surface area contributed by atoms with Crippen LogP contribution in [0.1, 0.15) is 18.9 Å². The zero-order valence-electron chi connectivity index (χ0n) is 15.4. The molecular weight excluding hydrogens is 358 g/mol. The van der Waals surface area contributed by atoms with Crippen LogP contribution in [0.2, 0.25) is 0 Å². The number of amides is 1. The Kier molecular flexibility index (Phi) is 6.60. The second-order valence-corrected chi connectivity index (χ2v) is 6.98. The summed E-state index contributed by atoms with van der Waals surface area (Å²) < 4.78 is 10.8. The van der Waals surface area contributed by atoms with E-state index in [0.29, 0.717) is 26.2 Å². The number of cyclic esters (lactones) is 1. The third-order valence-electron chi connectivity index (χ3n) is 4.07. The Hall–Kier alpha value is -2.66. The average molecular weight is 381 g/mol. The number of rotatable bonds is 8. The topological polar surface area (TPSA) is 38.8 Å². The van der Waals surface area contributed by atoms with Gasteiger partial charge in [-0.25, -0.2) is 4.79 Å². The Morgan fingerprint density at radius 2 is 2.07 bits per heavy atom. The maximum atomic E-state index is 12.3. The van der Waals surface area contributed by atoms with Crippen LogP contribution in [0.5, 0.6) is 5.75 Å². The van der Waals surface area contributed by atoms with E-state index in [1.54, 1.807) is 16.7 Å². The fourth-order valence-electron chi connectivity index (χ4n) is 2.88. The molecule has 2 aromatic carbocycles. The SMILES string of the molecule is C=CC/C(=C(\Sc1cccc(OCC)c1)N1CCOC1=O)c1ccccc1. The standard InChI is InChI=1S/C22H23NO3S/c1-3-9-20(17-10-6-5-7-11-17)21(23-14-15-26-22(23)24)27-19-13-8-12-18(16-19)25-4-2/h3,5-8,10-13,16H,1,4,9,14-15H2,2H3/b21-20+. The highest BCUT2D eigenvalue weighted by Crippen LogP contribution is 2.39. The molecule has 1 aliphatic rings. The summed E-state index contributed by atoms with van der Waals surface area (Å²) in [5.74, 6) is 0.816. The van der Waals surface area contributed by atoms with Gasteiger partial charge in [-0.05, 0) is 42.7 Å². The van der Waals surface area contributed by atoms with Gasteiger partial charge in [0.1, 0.15) is 12.4 Å². The van der Waals surface area contributed by atoms with Crippen LogP contribution in [-0.2, 0) is 4.74 Å². The molecule has 0 spiro atoms. The molecule has 0 bridgehead atoms. The number of allylic oxidation sites excluding steroid dienone is 2. The Bertz CT molecular complexity index is 832. The van der Waals surface area contributed by atoms with Crippen LogP contribution in [0.3, 0.4) is 0 Å². The number of carbonyl (C=O) groups is 1. The van der Waals surface area contributed by atoms with Crippen LogP contribution in [-0.4, -0.2) is 30.8 Å². The van der Waals surface area contributed by atoms with Crippen LogP contribution in [0.4, 0.5) is 4.79 Å². The Morgan fingerprint density at radius 1 is 1.26 bits per heavy atom. The first-order valence-corrected chi connectivity index (χ1v) is 9.79. The molecule has 0 saturated carbocycles. The van der Waals surface area contributed by atoms with Crippen molar-refractivity contribution in [2.24, 2.45) is 0 Å². The van der Waals surface area contributed by atoms with Crippen LogP contribution >= 0.6 is 11.8 Å². The van der Waals surface area contributed by atoms with Crippen molar-refractivity contribution in [2.45, 2.75) is 18.2 Å². The lowest BCUT2D eigenvalue weighted by Gasteiger charge is -2.21. The van der Waals surface area contributed by atoms with Crippen molar-refractivity contribution in [3.8, 4) is 5.75 Å². The summed E-state index contributed by atoms with van der Waals surface area (Å²) >= 11 is 1.55. The van der Waals surface area contributed by atoms with E-state index in [0.717, 1.165) is 26.8 Å². The third kappa shape index (κ3) is 4.74. The summed E-state index contributed by atoms with van der Waals surface area (Å²) in [6, 6.07) is 18.0. The van der Waals surface area contributed by atoms with Crippen molar-refractivity contribution in [1.82, 2.24) is 4.90 Å². The predicted molar refractivity (Wildman–Crippen MR) is 110 cm³/mol. The summed E-state index contributed by atoms with van der Waals surface area (Å²) in [6.07, 6.45) is 2.21. The van der Waals surface area contributed by atoms with Gasteiger partial charge in [0.25, 0.3) is 0 Å². The molecule has 1 heterocycles. The highest BCUT2D eigenvalue weighted by Gasteiger charge is 2.28. The van der Waals surface area contributed by atoms with E-state index in [9.17, 15) is 4.79 Å².